The molecule has 0 amide bonds. The standard InChI is InChI=1S/C58H59BN2OS/c1-55(2,3)36-20-26-40(27-21-36)60(41-28-22-37(23-29-41)56(4,5)6)42-34-48(53-43-16-13-14-19-51(43)63-52(53)35-42)61-46-30-24-38(57(7,8)9)32-44(46)59-45-33-39(58(10,11)12)25-31-49(45)62-50-18-15-17-47(61)54(50)59/h13-35H,1-12H3. The maximum absolute atomic E-state index is 6.94. The monoisotopic (exact) mass is 842 g/mol. The molecule has 0 saturated carbocycles. The molecule has 0 N–H and O–H groups in total. The molecule has 7 aromatic carbocycles. The smallest absolute Gasteiger partial charge is 0.256 e. The molecule has 0 unspecified atom stereocenters. The zero-order valence-corrected chi connectivity index (χ0v) is 39.9. The van der Waals surface area contributed by atoms with Crippen molar-refractivity contribution in [2.24, 2.45) is 0 Å². The lowest BCUT2D eigenvalue weighted by molar-refractivity contribution is 0.486. The van der Waals surface area contributed by atoms with Crippen LogP contribution in [0.15, 0.2) is 140 Å². The molecule has 0 bridgehead atoms. The van der Waals surface area contributed by atoms with Crippen molar-refractivity contribution in [2.45, 2.75) is 105 Å². The van der Waals surface area contributed by atoms with E-state index in [4.69, 9.17) is 4.74 Å². The van der Waals surface area contributed by atoms with Crippen molar-refractivity contribution in [3.63, 3.8) is 0 Å². The Hall–Kier alpha value is -5.78. The van der Waals surface area contributed by atoms with Crippen molar-refractivity contribution in [1.29, 1.82) is 0 Å². The Morgan fingerprint density at radius 2 is 1.00 bits per heavy atom. The Bertz CT molecular complexity index is 3020. The maximum atomic E-state index is 6.94. The fourth-order valence-electron chi connectivity index (χ4n) is 9.67. The van der Waals surface area contributed by atoms with Gasteiger partial charge in [-0.1, -0.05) is 156 Å². The number of thiophene rings is 1. The summed E-state index contributed by atoms with van der Waals surface area (Å²) in [6.45, 7) is 27.6. The lowest BCUT2D eigenvalue weighted by atomic mass is 9.34. The Labute approximate surface area is 379 Å². The van der Waals surface area contributed by atoms with Crippen molar-refractivity contribution < 1.29 is 4.74 Å². The lowest BCUT2D eigenvalue weighted by Crippen LogP contribution is -2.59. The number of anilines is 6. The van der Waals surface area contributed by atoms with E-state index in [2.05, 4.69) is 232 Å². The van der Waals surface area contributed by atoms with Gasteiger partial charge in [0.25, 0.3) is 6.71 Å². The normalized spacial score (nSPS) is 13.8. The molecular weight excluding hydrogens is 784 g/mol. The van der Waals surface area contributed by atoms with Gasteiger partial charge in [-0.2, -0.15) is 0 Å². The highest BCUT2D eigenvalue weighted by Gasteiger charge is 2.43. The van der Waals surface area contributed by atoms with E-state index < -0.39 is 0 Å². The summed E-state index contributed by atoms with van der Waals surface area (Å²) < 4.78 is 9.47. The fourth-order valence-corrected chi connectivity index (χ4v) is 10.8. The quantitative estimate of drug-likeness (QED) is 0.164. The predicted octanol–water partition coefficient (Wildman–Crippen LogP) is 15.1. The first-order valence-electron chi connectivity index (χ1n) is 22.6. The Morgan fingerprint density at radius 1 is 0.444 bits per heavy atom. The molecule has 0 aliphatic carbocycles. The molecule has 3 heterocycles. The first kappa shape index (κ1) is 41.2. The fraction of sp³-hybridized carbons (Fsp3) is 0.276. The summed E-state index contributed by atoms with van der Waals surface area (Å²) in [6.07, 6.45) is 0. The number of hydrogen-bond acceptors (Lipinski definition) is 4. The Balaban J connectivity index is 1.27. The summed E-state index contributed by atoms with van der Waals surface area (Å²) in [5.41, 5.74) is 16.0. The van der Waals surface area contributed by atoms with Gasteiger partial charge in [0.05, 0.1) is 5.69 Å². The van der Waals surface area contributed by atoms with Crippen molar-refractivity contribution >= 4 is 88.7 Å². The van der Waals surface area contributed by atoms with Gasteiger partial charge in [-0.05, 0) is 127 Å². The first-order chi connectivity index (χ1) is 29.8. The van der Waals surface area contributed by atoms with Gasteiger partial charge in [0, 0.05) is 48.6 Å². The zero-order chi connectivity index (χ0) is 44.4. The molecule has 1 aromatic heterocycles. The van der Waals surface area contributed by atoms with Gasteiger partial charge in [0.2, 0.25) is 0 Å². The highest BCUT2D eigenvalue weighted by atomic mass is 32.1. The van der Waals surface area contributed by atoms with Crippen LogP contribution < -0.4 is 30.9 Å². The van der Waals surface area contributed by atoms with Crippen molar-refractivity contribution in [3.05, 3.63) is 162 Å². The van der Waals surface area contributed by atoms with Gasteiger partial charge < -0.3 is 14.5 Å². The number of ether oxygens (including phenoxy) is 1. The first-order valence-corrected chi connectivity index (χ1v) is 23.4. The highest BCUT2D eigenvalue weighted by Crippen LogP contribution is 2.51. The van der Waals surface area contributed by atoms with E-state index in [9.17, 15) is 0 Å². The molecule has 3 nitrogen and oxygen atoms in total. The van der Waals surface area contributed by atoms with E-state index in [0.29, 0.717) is 0 Å². The van der Waals surface area contributed by atoms with Gasteiger partial charge in [-0.3, -0.25) is 0 Å². The largest absolute Gasteiger partial charge is 0.458 e. The van der Waals surface area contributed by atoms with E-state index >= 15 is 0 Å². The molecule has 0 saturated heterocycles. The number of rotatable bonds is 4. The van der Waals surface area contributed by atoms with Gasteiger partial charge in [-0.15, -0.1) is 11.3 Å². The summed E-state index contributed by atoms with van der Waals surface area (Å²) in [5, 5.41) is 2.53. The lowest BCUT2D eigenvalue weighted by Gasteiger charge is -2.41. The van der Waals surface area contributed by atoms with Gasteiger partial charge in [0.1, 0.15) is 11.5 Å². The summed E-state index contributed by atoms with van der Waals surface area (Å²) in [4.78, 5) is 5.02. The van der Waals surface area contributed by atoms with E-state index in [-0.39, 0.29) is 28.4 Å². The zero-order valence-electron chi connectivity index (χ0n) is 39.1. The minimum absolute atomic E-state index is 0.00727. The van der Waals surface area contributed by atoms with Crippen molar-refractivity contribution in [3.8, 4) is 11.5 Å². The van der Waals surface area contributed by atoms with Crippen LogP contribution >= 0.6 is 11.3 Å². The van der Waals surface area contributed by atoms with E-state index in [1.165, 1.54) is 64.5 Å². The minimum Gasteiger partial charge on any atom is -0.458 e. The van der Waals surface area contributed by atoms with Crippen LogP contribution in [-0.4, -0.2) is 6.71 Å². The van der Waals surface area contributed by atoms with Gasteiger partial charge in [0.15, 0.2) is 0 Å². The molecule has 2 aliphatic rings. The van der Waals surface area contributed by atoms with Crippen LogP contribution in [0.2, 0.25) is 0 Å². The third-order valence-electron chi connectivity index (χ3n) is 13.3. The average molecular weight is 843 g/mol. The van der Waals surface area contributed by atoms with Gasteiger partial charge >= 0.3 is 0 Å². The summed E-state index contributed by atoms with van der Waals surface area (Å²) in [5.74, 6) is 1.87. The highest BCUT2D eigenvalue weighted by molar-refractivity contribution is 7.26. The average Bonchev–Trinajstić information content (AvgIpc) is 3.61. The number of hydrogen-bond donors (Lipinski definition) is 0. The van der Waals surface area contributed by atoms with Crippen LogP contribution in [0.5, 0.6) is 11.5 Å². The van der Waals surface area contributed by atoms with Crippen LogP contribution in [0.1, 0.15) is 105 Å². The molecule has 2 aliphatic heterocycles. The maximum Gasteiger partial charge on any atom is 0.256 e. The second-order valence-corrected chi connectivity index (χ2v) is 23.0. The third-order valence-corrected chi connectivity index (χ3v) is 14.5. The SMILES string of the molecule is CC(C)(C)c1ccc(N(c2ccc(C(C)(C)C)cc2)c2cc(N3c4ccc(C(C)(C)C)cc4B4c5cc(C(C)(C)C)ccc5Oc5cccc3c54)c3c(c2)sc2ccccc23)cc1. The summed E-state index contributed by atoms with van der Waals surface area (Å²) >= 11 is 1.88. The molecule has 316 valence electrons. The van der Waals surface area contributed by atoms with Crippen LogP contribution in [-0.2, 0) is 21.7 Å². The topological polar surface area (TPSA) is 15.7 Å². The molecule has 5 heteroatoms. The molecule has 0 spiro atoms. The predicted molar refractivity (Wildman–Crippen MR) is 275 cm³/mol. The van der Waals surface area contributed by atoms with E-state index in [1.54, 1.807) is 0 Å². The molecule has 10 rings (SSSR count). The van der Waals surface area contributed by atoms with Crippen molar-refractivity contribution in [2.75, 3.05) is 9.80 Å². The molecule has 63 heavy (non-hydrogen) atoms. The molecule has 0 radical (unpaired) electrons. The van der Waals surface area contributed by atoms with Crippen LogP contribution in [0.4, 0.5) is 34.1 Å². The summed E-state index contributed by atoms with van der Waals surface area (Å²) in [6, 6.07) is 53.0. The second-order valence-electron chi connectivity index (χ2n) is 22.0. The van der Waals surface area contributed by atoms with Crippen molar-refractivity contribution in [1.82, 2.24) is 0 Å². The molecule has 0 atom stereocenters. The minimum atomic E-state index is -0.0385. The van der Waals surface area contributed by atoms with Crippen LogP contribution in [0.25, 0.3) is 20.2 Å². The number of nitrogens with zero attached hydrogens (tertiary/aromatic N) is 2. The molecule has 8 aromatic rings. The van der Waals surface area contributed by atoms with E-state index in [0.717, 1.165) is 39.9 Å². The third kappa shape index (κ3) is 7.04. The van der Waals surface area contributed by atoms with E-state index in [1.807, 2.05) is 11.3 Å². The Kier molecular flexibility index (Phi) is 9.41. The second kappa shape index (κ2) is 14.4. The number of benzene rings is 7. The molecule has 0 fully saturated rings. The summed E-state index contributed by atoms with van der Waals surface area (Å²) in [7, 11) is 0. The molecular formula is C58H59BN2OS. The number of fused-ring (bicyclic) bond motifs is 7. The van der Waals surface area contributed by atoms with Crippen LogP contribution in [0, 0.1) is 0 Å². The Morgan fingerprint density at radius 3 is 1.60 bits per heavy atom. The van der Waals surface area contributed by atoms with Gasteiger partial charge in [-0.25, -0.2) is 0 Å². The van der Waals surface area contributed by atoms with Crippen LogP contribution in [0.3, 0.4) is 0 Å².